The van der Waals surface area contributed by atoms with Crippen molar-refractivity contribution in [2.24, 2.45) is 5.73 Å². The van der Waals surface area contributed by atoms with E-state index in [9.17, 15) is 0 Å². The lowest BCUT2D eigenvalue weighted by atomic mass is 10.2. The van der Waals surface area contributed by atoms with Crippen molar-refractivity contribution in [2.45, 2.75) is 39.2 Å². The molecule has 0 radical (unpaired) electrons. The smallest absolute Gasteiger partial charge is 0.185 e. The maximum atomic E-state index is 5.74. The van der Waals surface area contributed by atoms with E-state index in [0.29, 0.717) is 6.54 Å². The minimum absolute atomic E-state index is 0.640. The fraction of sp³-hybridized carbons (Fsp3) is 0.727. The topological polar surface area (TPSA) is 42.2 Å². The minimum Gasteiger partial charge on any atom is -0.348 e. The summed E-state index contributed by atoms with van der Waals surface area (Å²) in [6.07, 6.45) is 4.83. The molecule has 0 aliphatic carbocycles. The van der Waals surface area contributed by atoms with E-state index in [-0.39, 0.29) is 0 Å². The number of hydrogen-bond acceptors (Lipinski definition) is 4. The van der Waals surface area contributed by atoms with E-state index >= 15 is 0 Å². The Morgan fingerprint density at radius 2 is 2.13 bits per heavy atom. The van der Waals surface area contributed by atoms with Gasteiger partial charge in [-0.15, -0.1) is 11.3 Å². The van der Waals surface area contributed by atoms with Gasteiger partial charge in [0.05, 0.1) is 5.69 Å². The number of anilines is 1. The first-order chi connectivity index (χ1) is 7.35. The lowest BCUT2D eigenvalue weighted by Gasteiger charge is -2.12. The number of nitrogens with two attached hydrogens (primary N) is 1. The molecular formula is C11H19N3S. The molecule has 4 heteroatoms. The summed E-state index contributed by atoms with van der Waals surface area (Å²) >= 11 is 1.79. The van der Waals surface area contributed by atoms with Crippen molar-refractivity contribution in [3.8, 4) is 0 Å². The normalized spacial score (nSPS) is 16.3. The molecule has 0 atom stereocenters. The summed E-state index contributed by atoms with van der Waals surface area (Å²) in [5.41, 5.74) is 6.97. The van der Waals surface area contributed by atoms with Crippen molar-refractivity contribution in [2.75, 3.05) is 18.0 Å². The van der Waals surface area contributed by atoms with E-state index in [1.807, 2.05) is 0 Å². The molecule has 0 saturated carbocycles. The highest BCUT2D eigenvalue weighted by molar-refractivity contribution is 7.15. The molecule has 1 aromatic rings. The SMILES string of the molecule is CCCc1nc(N2CCCC2)sc1CN. The van der Waals surface area contributed by atoms with Gasteiger partial charge in [-0.05, 0) is 19.3 Å². The average Bonchev–Trinajstić information content (AvgIpc) is 2.84. The van der Waals surface area contributed by atoms with Crippen molar-refractivity contribution in [1.82, 2.24) is 4.98 Å². The lowest BCUT2D eigenvalue weighted by Crippen LogP contribution is -2.17. The van der Waals surface area contributed by atoms with Crippen LogP contribution in [0.25, 0.3) is 0 Å². The maximum Gasteiger partial charge on any atom is 0.185 e. The molecule has 15 heavy (non-hydrogen) atoms. The highest BCUT2D eigenvalue weighted by Gasteiger charge is 2.18. The Balaban J connectivity index is 2.17. The van der Waals surface area contributed by atoms with Gasteiger partial charge in [0.25, 0.3) is 0 Å². The predicted molar refractivity (Wildman–Crippen MR) is 65.4 cm³/mol. The van der Waals surface area contributed by atoms with Crippen LogP contribution in [-0.4, -0.2) is 18.1 Å². The van der Waals surface area contributed by atoms with Crippen LogP contribution in [0.1, 0.15) is 36.8 Å². The Bertz CT molecular complexity index is 316. The van der Waals surface area contributed by atoms with Crippen molar-refractivity contribution in [3.05, 3.63) is 10.6 Å². The van der Waals surface area contributed by atoms with E-state index in [0.717, 1.165) is 12.8 Å². The molecule has 2 N–H and O–H groups in total. The summed E-state index contributed by atoms with van der Waals surface area (Å²) in [5.74, 6) is 0. The van der Waals surface area contributed by atoms with Crippen LogP contribution < -0.4 is 10.6 Å². The number of aryl methyl sites for hydroxylation is 1. The zero-order valence-corrected chi connectivity index (χ0v) is 10.1. The van der Waals surface area contributed by atoms with Gasteiger partial charge in [-0.3, -0.25) is 0 Å². The summed E-state index contributed by atoms with van der Waals surface area (Å²) < 4.78 is 0. The van der Waals surface area contributed by atoms with Crippen molar-refractivity contribution >= 4 is 16.5 Å². The van der Waals surface area contributed by atoms with Crippen molar-refractivity contribution < 1.29 is 0 Å². The first-order valence-corrected chi connectivity index (χ1v) is 6.60. The van der Waals surface area contributed by atoms with E-state index in [2.05, 4.69) is 11.8 Å². The number of rotatable bonds is 4. The van der Waals surface area contributed by atoms with Gasteiger partial charge in [-0.1, -0.05) is 13.3 Å². The maximum absolute atomic E-state index is 5.74. The van der Waals surface area contributed by atoms with E-state index in [1.54, 1.807) is 11.3 Å². The molecule has 0 amide bonds. The molecule has 2 heterocycles. The molecular weight excluding hydrogens is 206 g/mol. The van der Waals surface area contributed by atoms with Gasteiger partial charge in [0, 0.05) is 24.5 Å². The van der Waals surface area contributed by atoms with Crippen LogP contribution in [0.15, 0.2) is 0 Å². The van der Waals surface area contributed by atoms with Crippen molar-refractivity contribution in [1.29, 1.82) is 0 Å². The van der Waals surface area contributed by atoms with Gasteiger partial charge >= 0.3 is 0 Å². The number of nitrogens with zero attached hydrogens (tertiary/aromatic N) is 2. The van der Waals surface area contributed by atoms with Crippen LogP contribution in [0.5, 0.6) is 0 Å². The molecule has 0 bridgehead atoms. The second kappa shape index (κ2) is 4.94. The van der Waals surface area contributed by atoms with Crippen LogP contribution in [-0.2, 0) is 13.0 Å². The van der Waals surface area contributed by atoms with E-state index < -0.39 is 0 Å². The van der Waals surface area contributed by atoms with Gasteiger partial charge in [0.15, 0.2) is 5.13 Å². The van der Waals surface area contributed by atoms with E-state index in [4.69, 9.17) is 10.7 Å². The summed E-state index contributed by atoms with van der Waals surface area (Å²) in [4.78, 5) is 8.39. The van der Waals surface area contributed by atoms with Gasteiger partial charge in [-0.2, -0.15) is 0 Å². The molecule has 1 aliphatic rings. The molecule has 1 fully saturated rings. The van der Waals surface area contributed by atoms with E-state index in [1.165, 1.54) is 41.6 Å². The molecule has 84 valence electrons. The quantitative estimate of drug-likeness (QED) is 0.854. The third-order valence-electron chi connectivity index (χ3n) is 2.82. The van der Waals surface area contributed by atoms with Crippen LogP contribution in [0.3, 0.4) is 0 Å². The van der Waals surface area contributed by atoms with Gasteiger partial charge < -0.3 is 10.6 Å². The Morgan fingerprint density at radius 1 is 1.40 bits per heavy atom. The predicted octanol–water partition coefficient (Wildman–Crippen LogP) is 2.15. The molecule has 2 rings (SSSR count). The third-order valence-corrected chi connectivity index (χ3v) is 4.00. The number of aromatic nitrogens is 1. The van der Waals surface area contributed by atoms with Crippen LogP contribution in [0.4, 0.5) is 5.13 Å². The largest absolute Gasteiger partial charge is 0.348 e. The summed E-state index contributed by atoms with van der Waals surface area (Å²) in [7, 11) is 0. The van der Waals surface area contributed by atoms with Crippen LogP contribution in [0, 0.1) is 0 Å². The molecule has 0 unspecified atom stereocenters. The number of thiazole rings is 1. The fourth-order valence-corrected chi connectivity index (χ4v) is 3.04. The van der Waals surface area contributed by atoms with Gasteiger partial charge in [0.1, 0.15) is 0 Å². The third kappa shape index (κ3) is 2.32. The zero-order valence-electron chi connectivity index (χ0n) is 9.33. The minimum atomic E-state index is 0.640. The van der Waals surface area contributed by atoms with Gasteiger partial charge in [0.2, 0.25) is 0 Å². The van der Waals surface area contributed by atoms with Gasteiger partial charge in [-0.25, -0.2) is 4.98 Å². The highest BCUT2D eigenvalue weighted by Crippen LogP contribution is 2.29. The Labute approximate surface area is 95.3 Å². The molecule has 1 aliphatic heterocycles. The standard InChI is InChI=1S/C11H19N3S/c1-2-5-9-10(8-12)15-11(13-9)14-6-3-4-7-14/h2-8,12H2,1H3. The summed E-state index contributed by atoms with van der Waals surface area (Å²) in [6, 6.07) is 0. The Morgan fingerprint density at radius 3 is 2.73 bits per heavy atom. The molecule has 0 aromatic carbocycles. The fourth-order valence-electron chi connectivity index (χ4n) is 2.01. The Hall–Kier alpha value is -0.610. The van der Waals surface area contributed by atoms with Crippen molar-refractivity contribution in [3.63, 3.8) is 0 Å². The summed E-state index contributed by atoms with van der Waals surface area (Å²) in [5, 5.41) is 1.19. The van der Waals surface area contributed by atoms with Crippen LogP contribution in [0.2, 0.25) is 0 Å². The lowest BCUT2D eigenvalue weighted by molar-refractivity contribution is 0.860. The van der Waals surface area contributed by atoms with Crippen LogP contribution >= 0.6 is 11.3 Å². The monoisotopic (exact) mass is 225 g/mol. The average molecular weight is 225 g/mol. The first-order valence-electron chi connectivity index (χ1n) is 5.78. The second-order valence-corrected chi connectivity index (χ2v) is 5.08. The summed E-state index contributed by atoms with van der Waals surface area (Å²) in [6.45, 7) is 5.17. The zero-order chi connectivity index (χ0) is 10.7. The second-order valence-electron chi connectivity index (χ2n) is 4.01. The molecule has 3 nitrogen and oxygen atoms in total. The molecule has 1 aromatic heterocycles. The highest BCUT2D eigenvalue weighted by atomic mass is 32.1. The molecule has 0 spiro atoms. The Kier molecular flexibility index (Phi) is 3.59. The number of hydrogen-bond donors (Lipinski definition) is 1. The molecule has 1 saturated heterocycles. The first kappa shape index (κ1) is 10.9.